The van der Waals surface area contributed by atoms with Gasteiger partial charge in [0.1, 0.15) is 11.3 Å². The Bertz CT molecular complexity index is 590. The van der Waals surface area contributed by atoms with Crippen molar-refractivity contribution in [3.05, 3.63) is 28.8 Å². The summed E-state index contributed by atoms with van der Waals surface area (Å²) in [5, 5.41) is 9.85. The Kier molecular flexibility index (Phi) is 4.96. The van der Waals surface area contributed by atoms with Gasteiger partial charge in [-0.3, -0.25) is 4.79 Å². The molecule has 0 saturated carbocycles. The van der Waals surface area contributed by atoms with Crippen molar-refractivity contribution in [2.24, 2.45) is 0 Å². The fraction of sp³-hybridized carbons (Fsp3) is 0.500. The number of aryl methyl sites for hydroxylation is 1. The highest BCUT2D eigenvalue weighted by Gasteiger charge is 2.45. The fourth-order valence-corrected chi connectivity index (χ4v) is 3.12. The van der Waals surface area contributed by atoms with Crippen LogP contribution in [0.3, 0.4) is 0 Å². The quantitative estimate of drug-likeness (QED) is 0.904. The topological polar surface area (TPSA) is 66.8 Å². The molecule has 2 rings (SSSR count). The molecule has 1 unspecified atom stereocenters. The van der Waals surface area contributed by atoms with Crippen LogP contribution in [-0.2, 0) is 16.0 Å². The second-order valence-corrected chi connectivity index (χ2v) is 6.10. The number of nitrogens with zero attached hydrogens (tertiary/aromatic N) is 1. The highest BCUT2D eigenvalue weighted by Crippen LogP contribution is 2.30. The van der Waals surface area contributed by atoms with Gasteiger partial charge in [-0.05, 0) is 43.9 Å². The molecule has 22 heavy (non-hydrogen) atoms. The van der Waals surface area contributed by atoms with Crippen LogP contribution in [0.15, 0.2) is 18.2 Å². The van der Waals surface area contributed by atoms with Crippen molar-refractivity contribution in [3.8, 4) is 5.75 Å². The van der Waals surface area contributed by atoms with Crippen molar-refractivity contribution < 1.29 is 19.4 Å². The maximum Gasteiger partial charge on any atom is 0.329 e. The minimum absolute atomic E-state index is 0.130. The summed E-state index contributed by atoms with van der Waals surface area (Å²) in [6, 6.07) is 5.39. The molecule has 1 aromatic carbocycles. The zero-order chi connectivity index (χ0) is 16.3. The molecule has 1 aromatic rings. The monoisotopic (exact) mass is 325 g/mol. The van der Waals surface area contributed by atoms with Crippen LogP contribution < -0.4 is 4.74 Å². The number of aliphatic carboxylic acids is 1. The Morgan fingerprint density at radius 2 is 2.18 bits per heavy atom. The van der Waals surface area contributed by atoms with E-state index in [-0.39, 0.29) is 12.3 Å². The normalized spacial score (nSPS) is 21.0. The van der Waals surface area contributed by atoms with E-state index in [1.807, 2.05) is 6.07 Å². The maximum absolute atomic E-state index is 12.4. The average Bonchev–Trinajstić information content (AvgIpc) is 2.88. The van der Waals surface area contributed by atoms with Gasteiger partial charge >= 0.3 is 5.97 Å². The lowest BCUT2D eigenvalue weighted by molar-refractivity contribution is -0.155. The van der Waals surface area contributed by atoms with Crippen LogP contribution in [0.4, 0.5) is 0 Å². The van der Waals surface area contributed by atoms with Gasteiger partial charge in [-0.15, -0.1) is 0 Å². The Morgan fingerprint density at radius 1 is 1.45 bits per heavy atom. The number of likely N-dealkylation sites (tertiary alicyclic amines) is 1. The smallest absolute Gasteiger partial charge is 0.329 e. The van der Waals surface area contributed by atoms with Crippen LogP contribution in [0.5, 0.6) is 5.75 Å². The third kappa shape index (κ3) is 3.19. The van der Waals surface area contributed by atoms with E-state index in [0.717, 1.165) is 12.0 Å². The van der Waals surface area contributed by atoms with E-state index in [1.165, 1.54) is 4.90 Å². The number of ether oxygens (including phenoxy) is 1. The largest absolute Gasteiger partial charge is 0.495 e. The zero-order valence-corrected chi connectivity index (χ0v) is 13.5. The lowest BCUT2D eigenvalue weighted by atomic mass is 9.98. The lowest BCUT2D eigenvalue weighted by Gasteiger charge is -2.31. The first kappa shape index (κ1) is 16.6. The predicted octanol–water partition coefficient (Wildman–Crippen LogP) is 2.75. The molecule has 0 aliphatic carbocycles. The predicted molar refractivity (Wildman–Crippen MR) is 83.3 cm³/mol. The number of amides is 1. The van der Waals surface area contributed by atoms with Crippen LogP contribution in [0.25, 0.3) is 0 Å². The number of halogens is 1. The van der Waals surface area contributed by atoms with Crippen LogP contribution in [0.1, 0.15) is 31.7 Å². The molecule has 0 bridgehead atoms. The van der Waals surface area contributed by atoms with E-state index >= 15 is 0 Å². The SMILES string of the molecule is COc1ccc(CCC(=O)N2CCCC2(C)C(=O)O)cc1Cl. The first-order chi connectivity index (χ1) is 10.4. The van der Waals surface area contributed by atoms with E-state index in [1.54, 1.807) is 26.2 Å². The second-order valence-electron chi connectivity index (χ2n) is 5.70. The summed E-state index contributed by atoms with van der Waals surface area (Å²) < 4.78 is 5.09. The minimum Gasteiger partial charge on any atom is -0.495 e. The number of carbonyl (C=O) groups excluding carboxylic acids is 1. The van der Waals surface area contributed by atoms with Gasteiger partial charge in [0.2, 0.25) is 5.91 Å². The molecule has 1 aliphatic heterocycles. The molecule has 1 N–H and O–H groups in total. The van der Waals surface area contributed by atoms with E-state index < -0.39 is 11.5 Å². The molecular weight excluding hydrogens is 306 g/mol. The number of carboxylic acids is 1. The number of carbonyl (C=O) groups is 2. The van der Waals surface area contributed by atoms with Crippen LogP contribution in [0.2, 0.25) is 5.02 Å². The van der Waals surface area contributed by atoms with Crippen molar-refractivity contribution in [3.63, 3.8) is 0 Å². The van der Waals surface area contributed by atoms with Gasteiger partial charge in [0.15, 0.2) is 0 Å². The number of hydrogen-bond donors (Lipinski definition) is 1. The summed E-state index contributed by atoms with van der Waals surface area (Å²) in [6.45, 7) is 2.12. The summed E-state index contributed by atoms with van der Waals surface area (Å²) >= 11 is 6.06. The van der Waals surface area contributed by atoms with E-state index in [9.17, 15) is 14.7 Å². The molecule has 5 nitrogen and oxygen atoms in total. The van der Waals surface area contributed by atoms with Crippen LogP contribution in [0, 0.1) is 0 Å². The van der Waals surface area contributed by atoms with Crippen molar-refractivity contribution in [1.82, 2.24) is 4.90 Å². The average molecular weight is 326 g/mol. The Labute approximate surface area is 134 Å². The molecular formula is C16H20ClNO4. The highest BCUT2D eigenvalue weighted by molar-refractivity contribution is 6.32. The first-order valence-corrected chi connectivity index (χ1v) is 7.62. The Morgan fingerprint density at radius 3 is 2.77 bits per heavy atom. The summed E-state index contributed by atoms with van der Waals surface area (Å²) in [5.74, 6) is -0.477. The Hall–Kier alpha value is -1.75. The van der Waals surface area contributed by atoms with Gasteiger partial charge in [0.25, 0.3) is 0 Å². The van der Waals surface area contributed by atoms with E-state index in [2.05, 4.69) is 0 Å². The molecule has 1 heterocycles. The third-order valence-corrected chi connectivity index (χ3v) is 4.54. The van der Waals surface area contributed by atoms with Crippen molar-refractivity contribution >= 4 is 23.5 Å². The summed E-state index contributed by atoms with van der Waals surface area (Å²) in [5.41, 5.74) is -0.148. The number of carboxylic acid groups (broad SMARTS) is 1. The fourth-order valence-electron chi connectivity index (χ4n) is 2.84. The molecule has 0 radical (unpaired) electrons. The van der Waals surface area contributed by atoms with Gasteiger partial charge in [0.05, 0.1) is 12.1 Å². The van der Waals surface area contributed by atoms with E-state index in [0.29, 0.717) is 30.2 Å². The van der Waals surface area contributed by atoms with Gasteiger partial charge in [-0.25, -0.2) is 4.79 Å². The molecule has 0 spiro atoms. The molecule has 1 saturated heterocycles. The van der Waals surface area contributed by atoms with Crippen molar-refractivity contribution in [2.45, 2.75) is 38.1 Å². The molecule has 0 aromatic heterocycles. The number of benzene rings is 1. The maximum atomic E-state index is 12.4. The van der Waals surface area contributed by atoms with Crippen molar-refractivity contribution in [1.29, 1.82) is 0 Å². The minimum atomic E-state index is -1.07. The summed E-state index contributed by atoms with van der Waals surface area (Å²) in [4.78, 5) is 25.2. The molecule has 1 atom stereocenters. The number of hydrogen-bond acceptors (Lipinski definition) is 3. The second kappa shape index (κ2) is 6.57. The summed E-state index contributed by atoms with van der Waals surface area (Å²) in [6.07, 6.45) is 2.02. The van der Waals surface area contributed by atoms with Crippen LogP contribution >= 0.6 is 11.6 Å². The van der Waals surface area contributed by atoms with Gasteiger partial charge < -0.3 is 14.7 Å². The lowest BCUT2D eigenvalue weighted by Crippen LogP contribution is -2.50. The van der Waals surface area contributed by atoms with Crippen molar-refractivity contribution in [2.75, 3.05) is 13.7 Å². The van der Waals surface area contributed by atoms with Gasteiger partial charge in [-0.2, -0.15) is 0 Å². The summed E-state index contributed by atoms with van der Waals surface area (Å²) in [7, 11) is 1.55. The Balaban J connectivity index is 2.01. The molecule has 1 fully saturated rings. The highest BCUT2D eigenvalue weighted by atomic mass is 35.5. The van der Waals surface area contributed by atoms with Gasteiger partial charge in [0, 0.05) is 13.0 Å². The first-order valence-electron chi connectivity index (χ1n) is 7.25. The molecule has 1 aliphatic rings. The molecule has 6 heteroatoms. The van der Waals surface area contributed by atoms with E-state index in [4.69, 9.17) is 16.3 Å². The number of methoxy groups -OCH3 is 1. The standard InChI is InChI=1S/C16H20ClNO4/c1-16(15(20)21)8-3-9-18(16)14(19)7-5-11-4-6-13(22-2)12(17)10-11/h4,6,10H,3,5,7-9H2,1-2H3,(H,20,21). The molecule has 120 valence electrons. The number of rotatable bonds is 5. The molecule has 1 amide bonds. The van der Waals surface area contributed by atoms with Gasteiger partial charge in [-0.1, -0.05) is 17.7 Å². The third-order valence-electron chi connectivity index (χ3n) is 4.25. The zero-order valence-electron chi connectivity index (χ0n) is 12.8. The van der Waals surface area contributed by atoms with Crippen LogP contribution in [-0.4, -0.2) is 41.1 Å².